The molecule has 0 amide bonds. The van der Waals surface area contributed by atoms with E-state index in [0.717, 1.165) is 37.3 Å². The Morgan fingerprint density at radius 3 is 2.52 bits per heavy atom. The van der Waals surface area contributed by atoms with E-state index in [4.69, 9.17) is 9.47 Å². The highest BCUT2D eigenvalue weighted by atomic mass is 16.5. The summed E-state index contributed by atoms with van der Waals surface area (Å²) in [5, 5.41) is 3.51. The van der Waals surface area contributed by atoms with Crippen LogP contribution in [0.15, 0.2) is 24.3 Å². The van der Waals surface area contributed by atoms with E-state index in [1.54, 1.807) is 0 Å². The van der Waals surface area contributed by atoms with E-state index in [-0.39, 0.29) is 0 Å². The molecule has 0 spiro atoms. The van der Waals surface area contributed by atoms with Gasteiger partial charge in [-0.1, -0.05) is 26.0 Å². The van der Waals surface area contributed by atoms with Crippen molar-refractivity contribution >= 4 is 0 Å². The van der Waals surface area contributed by atoms with Gasteiger partial charge in [-0.2, -0.15) is 0 Å². The average Bonchev–Trinajstić information content (AvgIpc) is 3.29. The van der Waals surface area contributed by atoms with Crippen LogP contribution >= 0.6 is 0 Å². The molecule has 0 bridgehead atoms. The van der Waals surface area contributed by atoms with Crippen molar-refractivity contribution in [3.63, 3.8) is 0 Å². The average molecular weight is 291 g/mol. The minimum absolute atomic E-state index is 0.626. The second kappa shape index (κ2) is 9.06. The molecule has 0 saturated heterocycles. The third-order valence-electron chi connectivity index (χ3n) is 3.66. The Labute approximate surface area is 129 Å². The highest BCUT2D eigenvalue weighted by Gasteiger charge is 2.19. The molecule has 1 N–H and O–H groups in total. The van der Waals surface area contributed by atoms with Gasteiger partial charge in [-0.3, -0.25) is 0 Å². The molecule has 1 aliphatic carbocycles. The quantitative estimate of drug-likeness (QED) is 0.630. The number of hydrogen-bond donors (Lipinski definition) is 1. The van der Waals surface area contributed by atoms with Crippen LogP contribution in [-0.4, -0.2) is 25.9 Å². The first-order valence-corrected chi connectivity index (χ1v) is 8.27. The van der Waals surface area contributed by atoms with Crippen LogP contribution in [0.5, 0.6) is 5.75 Å². The van der Waals surface area contributed by atoms with Gasteiger partial charge in [0, 0.05) is 19.2 Å². The predicted molar refractivity (Wildman–Crippen MR) is 86.7 cm³/mol. The van der Waals surface area contributed by atoms with E-state index in [2.05, 4.69) is 31.3 Å². The Hall–Kier alpha value is -1.06. The molecule has 3 heteroatoms. The summed E-state index contributed by atoms with van der Waals surface area (Å²) in [7, 11) is 0. The third kappa shape index (κ3) is 7.49. The maximum atomic E-state index is 5.68. The van der Waals surface area contributed by atoms with Crippen LogP contribution < -0.4 is 10.1 Å². The second-order valence-corrected chi connectivity index (χ2v) is 6.30. The molecule has 21 heavy (non-hydrogen) atoms. The monoisotopic (exact) mass is 291 g/mol. The van der Waals surface area contributed by atoms with Gasteiger partial charge < -0.3 is 14.8 Å². The number of benzene rings is 1. The van der Waals surface area contributed by atoms with Gasteiger partial charge in [0.25, 0.3) is 0 Å². The number of nitrogens with one attached hydrogen (secondary N) is 1. The first-order valence-electron chi connectivity index (χ1n) is 8.27. The van der Waals surface area contributed by atoms with Crippen molar-refractivity contribution in [2.45, 2.75) is 52.1 Å². The summed E-state index contributed by atoms with van der Waals surface area (Å²) in [5.74, 6) is 1.69. The van der Waals surface area contributed by atoms with Crippen molar-refractivity contribution in [3.8, 4) is 5.75 Å². The van der Waals surface area contributed by atoms with Gasteiger partial charge in [-0.05, 0) is 49.3 Å². The largest absolute Gasteiger partial charge is 0.491 e. The Balaban J connectivity index is 1.51. The van der Waals surface area contributed by atoms with Crippen molar-refractivity contribution in [1.82, 2.24) is 5.32 Å². The molecule has 1 aromatic rings. The molecule has 0 atom stereocenters. The molecule has 118 valence electrons. The number of ether oxygens (including phenoxy) is 2. The van der Waals surface area contributed by atoms with Gasteiger partial charge in [0.1, 0.15) is 12.4 Å². The lowest BCUT2D eigenvalue weighted by Gasteiger charge is -2.09. The Bertz CT molecular complexity index is 385. The molecule has 2 rings (SSSR count). The lowest BCUT2D eigenvalue weighted by atomic mass is 10.1. The SMILES string of the molecule is CC(C)CCCOCCOc1ccc(CNC2CC2)cc1. The molecule has 0 aliphatic heterocycles. The van der Waals surface area contributed by atoms with E-state index in [1.807, 2.05) is 12.1 Å². The van der Waals surface area contributed by atoms with Crippen molar-refractivity contribution in [3.05, 3.63) is 29.8 Å². The molecule has 0 unspecified atom stereocenters. The molecule has 0 aromatic heterocycles. The second-order valence-electron chi connectivity index (χ2n) is 6.30. The van der Waals surface area contributed by atoms with Crippen LogP contribution in [0.2, 0.25) is 0 Å². The summed E-state index contributed by atoms with van der Waals surface area (Å²) in [6.07, 6.45) is 5.04. The molecule has 3 nitrogen and oxygen atoms in total. The summed E-state index contributed by atoms with van der Waals surface area (Å²) < 4.78 is 11.2. The van der Waals surface area contributed by atoms with Crippen LogP contribution in [0.25, 0.3) is 0 Å². The Morgan fingerprint density at radius 2 is 1.86 bits per heavy atom. The predicted octanol–water partition coefficient (Wildman–Crippen LogP) is 3.77. The fourth-order valence-electron chi connectivity index (χ4n) is 2.17. The smallest absolute Gasteiger partial charge is 0.119 e. The number of rotatable bonds is 11. The zero-order valence-electron chi connectivity index (χ0n) is 13.4. The maximum Gasteiger partial charge on any atom is 0.119 e. The molecule has 1 aromatic carbocycles. The van der Waals surface area contributed by atoms with Crippen LogP contribution in [0.1, 0.15) is 45.1 Å². The summed E-state index contributed by atoms with van der Waals surface area (Å²) in [4.78, 5) is 0. The molecular weight excluding hydrogens is 262 g/mol. The van der Waals surface area contributed by atoms with E-state index in [9.17, 15) is 0 Å². The van der Waals surface area contributed by atoms with E-state index >= 15 is 0 Å². The Morgan fingerprint density at radius 1 is 1.10 bits per heavy atom. The van der Waals surface area contributed by atoms with E-state index in [1.165, 1.54) is 24.8 Å². The van der Waals surface area contributed by atoms with Gasteiger partial charge in [0.15, 0.2) is 0 Å². The maximum absolute atomic E-state index is 5.68. The minimum atomic E-state index is 0.626. The van der Waals surface area contributed by atoms with Gasteiger partial charge in [0.2, 0.25) is 0 Å². The molecule has 0 radical (unpaired) electrons. The van der Waals surface area contributed by atoms with Crippen molar-refractivity contribution in [2.24, 2.45) is 5.92 Å². The van der Waals surface area contributed by atoms with Gasteiger partial charge in [-0.15, -0.1) is 0 Å². The first-order chi connectivity index (χ1) is 10.2. The van der Waals surface area contributed by atoms with Crippen LogP contribution in [-0.2, 0) is 11.3 Å². The summed E-state index contributed by atoms with van der Waals surface area (Å²) in [6, 6.07) is 9.11. The van der Waals surface area contributed by atoms with E-state index < -0.39 is 0 Å². The highest BCUT2D eigenvalue weighted by molar-refractivity contribution is 5.27. The van der Waals surface area contributed by atoms with Gasteiger partial charge >= 0.3 is 0 Å². The standard InChI is InChI=1S/C18H29NO2/c1-15(2)4-3-11-20-12-13-21-18-9-5-16(6-10-18)14-19-17-7-8-17/h5-6,9-10,15,17,19H,3-4,7-8,11-14H2,1-2H3. The van der Waals surface area contributed by atoms with Crippen molar-refractivity contribution in [2.75, 3.05) is 19.8 Å². The van der Waals surface area contributed by atoms with Gasteiger partial charge in [0.05, 0.1) is 6.61 Å². The zero-order valence-corrected chi connectivity index (χ0v) is 13.4. The van der Waals surface area contributed by atoms with Crippen molar-refractivity contribution < 1.29 is 9.47 Å². The fourth-order valence-corrected chi connectivity index (χ4v) is 2.17. The summed E-state index contributed by atoms with van der Waals surface area (Å²) in [6.45, 7) is 7.58. The molecule has 1 saturated carbocycles. The minimum Gasteiger partial charge on any atom is -0.491 e. The first kappa shape index (κ1) is 16.3. The van der Waals surface area contributed by atoms with Crippen molar-refractivity contribution in [1.29, 1.82) is 0 Å². The lowest BCUT2D eigenvalue weighted by molar-refractivity contribution is 0.0957. The molecule has 1 fully saturated rings. The molecule has 1 aliphatic rings. The zero-order chi connectivity index (χ0) is 14.9. The third-order valence-corrected chi connectivity index (χ3v) is 3.66. The van der Waals surface area contributed by atoms with Crippen LogP contribution in [0.3, 0.4) is 0 Å². The highest BCUT2D eigenvalue weighted by Crippen LogP contribution is 2.19. The van der Waals surface area contributed by atoms with Gasteiger partial charge in [-0.25, -0.2) is 0 Å². The topological polar surface area (TPSA) is 30.5 Å². The normalized spacial score (nSPS) is 14.6. The van der Waals surface area contributed by atoms with Crippen LogP contribution in [0.4, 0.5) is 0 Å². The summed E-state index contributed by atoms with van der Waals surface area (Å²) in [5.41, 5.74) is 1.32. The number of hydrogen-bond acceptors (Lipinski definition) is 3. The molecule has 0 heterocycles. The van der Waals surface area contributed by atoms with Crippen LogP contribution in [0, 0.1) is 5.92 Å². The summed E-state index contributed by atoms with van der Waals surface area (Å²) >= 11 is 0. The fraction of sp³-hybridized carbons (Fsp3) is 0.667. The van der Waals surface area contributed by atoms with E-state index in [0.29, 0.717) is 13.2 Å². The Kier molecular flexibility index (Phi) is 7.04. The molecular formula is C18H29NO2. The lowest BCUT2D eigenvalue weighted by Crippen LogP contribution is -2.15.